The van der Waals surface area contributed by atoms with E-state index in [1.807, 2.05) is 18.2 Å². The van der Waals surface area contributed by atoms with Crippen molar-refractivity contribution in [3.8, 4) is 17.6 Å². The van der Waals surface area contributed by atoms with E-state index in [9.17, 15) is 0 Å². The Balaban J connectivity index is 1.54. The number of hydrogen-bond acceptors (Lipinski definition) is 4. The molecular weight excluding hydrogens is 358 g/mol. The number of benzene rings is 2. The van der Waals surface area contributed by atoms with Crippen LogP contribution in [0.4, 0.5) is 11.4 Å². The van der Waals surface area contributed by atoms with Crippen LogP contribution >= 0.6 is 11.6 Å². The van der Waals surface area contributed by atoms with E-state index in [-0.39, 0.29) is 0 Å². The quantitative estimate of drug-likeness (QED) is 0.751. The van der Waals surface area contributed by atoms with Crippen LogP contribution in [-0.4, -0.2) is 58.8 Å². The minimum absolute atomic E-state index is 0.675. The molecule has 1 aliphatic heterocycles. The zero-order valence-corrected chi connectivity index (χ0v) is 17.0. The van der Waals surface area contributed by atoms with Gasteiger partial charge in [-0.2, -0.15) is 0 Å². The molecule has 0 spiro atoms. The average molecular weight is 384 g/mol. The lowest BCUT2D eigenvalue weighted by Crippen LogP contribution is -2.46. The summed E-state index contributed by atoms with van der Waals surface area (Å²) in [5.74, 6) is 7.22. The van der Waals surface area contributed by atoms with Gasteiger partial charge in [0, 0.05) is 56.7 Å². The van der Waals surface area contributed by atoms with Crippen molar-refractivity contribution >= 4 is 23.0 Å². The fourth-order valence-electron chi connectivity index (χ4n) is 3.15. The molecule has 0 aromatic heterocycles. The Morgan fingerprint density at radius 3 is 2.37 bits per heavy atom. The van der Waals surface area contributed by atoms with Crippen molar-refractivity contribution in [2.24, 2.45) is 0 Å². The topological polar surface area (TPSA) is 19.0 Å². The minimum Gasteiger partial charge on any atom is -0.495 e. The lowest BCUT2D eigenvalue weighted by atomic mass is 10.2. The fourth-order valence-corrected chi connectivity index (χ4v) is 3.32. The third-order valence-corrected chi connectivity index (χ3v) is 5.03. The summed E-state index contributed by atoms with van der Waals surface area (Å²) in [5.41, 5.74) is 3.35. The van der Waals surface area contributed by atoms with Crippen LogP contribution in [0.25, 0.3) is 0 Å². The van der Waals surface area contributed by atoms with E-state index < -0.39 is 0 Å². The first-order chi connectivity index (χ1) is 13.1. The Morgan fingerprint density at radius 1 is 1.04 bits per heavy atom. The van der Waals surface area contributed by atoms with Crippen LogP contribution < -0.4 is 14.5 Å². The number of piperazine rings is 1. The first-order valence-corrected chi connectivity index (χ1v) is 9.52. The largest absolute Gasteiger partial charge is 0.495 e. The predicted molar refractivity (Wildman–Crippen MR) is 114 cm³/mol. The monoisotopic (exact) mass is 383 g/mol. The summed E-state index contributed by atoms with van der Waals surface area (Å²) < 4.78 is 5.34. The van der Waals surface area contributed by atoms with E-state index >= 15 is 0 Å². The molecule has 1 heterocycles. The van der Waals surface area contributed by atoms with Gasteiger partial charge in [-0.3, -0.25) is 4.90 Å². The average Bonchev–Trinajstić information content (AvgIpc) is 2.69. The molecule has 27 heavy (non-hydrogen) atoms. The fraction of sp³-hybridized carbons (Fsp3) is 0.364. The molecule has 0 aliphatic carbocycles. The molecule has 1 aliphatic rings. The molecule has 2 aromatic carbocycles. The van der Waals surface area contributed by atoms with Gasteiger partial charge >= 0.3 is 0 Å². The maximum Gasteiger partial charge on any atom is 0.134 e. The Hall–Kier alpha value is -2.35. The number of hydrogen-bond donors (Lipinski definition) is 0. The van der Waals surface area contributed by atoms with Gasteiger partial charge in [0.1, 0.15) is 5.75 Å². The summed E-state index contributed by atoms with van der Waals surface area (Å²) >= 11 is 6.06. The predicted octanol–water partition coefficient (Wildman–Crippen LogP) is 3.59. The van der Waals surface area contributed by atoms with Gasteiger partial charge < -0.3 is 14.5 Å². The van der Waals surface area contributed by atoms with Crippen molar-refractivity contribution in [3.63, 3.8) is 0 Å². The SMILES string of the molecule is COc1ccc(Cl)cc1C#CCN1CCN(c2ccc(N(C)C)cc2)CC1. The van der Waals surface area contributed by atoms with Crippen LogP contribution in [0.15, 0.2) is 42.5 Å². The molecule has 0 radical (unpaired) electrons. The van der Waals surface area contributed by atoms with Crippen molar-refractivity contribution in [1.82, 2.24) is 4.90 Å². The number of methoxy groups -OCH3 is 1. The van der Waals surface area contributed by atoms with Crippen LogP contribution in [0.3, 0.4) is 0 Å². The maximum absolute atomic E-state index is 6.06. The molecule has 0 unspecified atom stereocenters. The number of anilines is 2. The molecular formula is C22H26ClN3O. The zero-order chi connectivity index (χ0) is 19.2. The second-order valence-electron chi connectivity index (χ2n) is 6.82. The summed E-state index contributed by atoms with van der Waals surface area (Å²) in [7, 11) is 5.78. The van der Waals surface area contributed by atoms with Crippen molar-refractivity contribution in [3.05, 3.63) is 53.1 Å². The van der Waals surface area contributed by atoms with Crippen LogP contribution in [0.1, 0.15) is 5.56 Å². The van der Waals surface area contributed by atoms with Gasteiger partial charge in [0.25, 0.3) is 0 Å². The summed E-state index contributed by atoms with van der Waals surface area (Å²) in [6, 6.07) is 14.3. The molecule has 5 heteroatoms. The molecule has 0 N–H and O–H groups in total. The highest BCUT2D eigenvalue weighted by molar-refractivity contribution is 6.30. The standard InChI is InChI=1S/C22H26ClN3O/c1-24(2)20-7-9-21(10-8-20)26-15-13-25(14-16-26)12-4-5-18-17-19(23)6-11-22(18)27-3/h6-11,17H,12-16H2,1-3H3. The second-order valence-corrected chi connectivity index (χ2v) is 7.26. The van der Waals surface area contributed by atoms with Crippen molar-refractivity contribution in [1.29, 1.82) is 0 Å². The zero-order valence-electron chi connectivity index (χ0n) is 16.2. The highest BCUT2D eigenvalue weighted by atomic mass is 35.5. The summed E-state index contributed by atoms with van der Waals surface area (Å²) in [6.07, 6.45) is 0. The van der Waals surface area contributed by atoms with Gasteiger partial charge in [0.15, 0.2) is 0 Å². The van der Waals surface area contributed by atoms with Gasteiger partial charge in [-0.05, 0) is 42.5 Å². The first-order valence-electron chi connectivity index (χ1n) is 9.14. The molecule has 142 valence electrons. The second kappa shape index (κ2) is 9.03. The third-order valence-electron chi connectivity index (χ3n) is 4.79. The van der Waals surface area contributed by atoms with Gasteiger partial charge in [0.05, 0.1) is 19.2 Å². The van der Waals surface area contributed by atoms with Crippen LogP contribution in [-0.2, 0) is 0 Å². The highest BCUT2D eigenvalue weighted by Gasteiger charge is 2.16. The van der Waals surface area contributed by atoms with E-state index in [2.05, 4.69) is 64.9 Å². The molecule has 4 nitrogen and oxygen atoms in total. The number of halogens is 1. The van der Waals surface area contributed by atoms with Crippen molar-refractivity contribution in [2.75, 3.05) is 63.7 Å². The van der Waals surface area contributed by atoms with Crippen LogP contribution in [0.2, 0.25) is 5.02 Å². The van der Waals surface area contributed by atoms with Gasteiger partial charge in [-0.25, -0.2) is 0 Å². The normalized spacial score (nSPS) is 14.4. The van der Waals surface area contributed by atoms with Crippen molar-refractivity contribution in [2.45, 2.75) is 0 Å². The summed E-state index contributed by atoms with van der Waals surface area (Å²) in [4.78, 5) is 6.94. The smallest absolute Gasteiger partial charge is 0.134 e. The van der Waals surface area contributed by atoms with E-state index in [4.69, 9.17) is 16.3 Å². The maximum atomic E-state index is 6.06. The molecule has 0 saturated carbocycles. The van der Waals surface area contributed by atoms with Crippen molar-refractivity contribution < 1.29 is 4.74 Å². The molecule has 3 rings (SSSR count). The molecule has 0 atom stereocenters. The molecule has 1 saturated heterocycles. The highest BCUT2D eigenvalue weighted by Crippen LogP contribution is 2.22. The van der Waals surface area contributed by atoms with Gasteiger partial charge in [0.2, 0.25) is 0 Å². The Labute approximate surface area is 167 Å². The van der Waals surface area contributed by atoms with E-state index in [0.29, 0.717) is 5.02 Å². The molecule has 2 aromatic rings. The van der Waals surface area contributed by atoms with Gasteiger partial charge in [-0.15, -0.1) is 0 Å². The Morgan fingerprint density at radius 2 is 1.74 bits per heavy atom. The Kier molecular flexibility index (Phi) is 6.49. The first kappa shape index (κ1) is 19.4. The molecule has 1 fully saturated rings. The lowest BCUT2D eigenvalue weighted by Gasteiger charge is -2.35. The summed E-state index contributed by atoms with van der Waals surface area (Å²) in [5, 5.41) is 0.675. The lowest BCUT2D eigenvalue weighted by molar-refractivity contribution is 0.288. The third kappa shape index (κ3) is 5.09. The van der Waals surface area contributed by atoms with E-state index in [1.54, 1.807) is 7.11 Å². The summed E-state index contributed by atoms with van der Waals surface area (Å²) in [6.45, 7) is 4.81. The van der Waals surface area contributed by atoms with E-state index in [1.165, 1.54) is 11.4 Å². The number of nitrogens with zero attached hydrogens (tertiary/aromatic N) is 3. The van der Waals surface area contributed by atoms with E-state index in [0.717, 1.165) is 44.0 Å². The molecule has 0 amide bonds. The van der Waals surface area contributed by atoms with Crippen LogP contribution in [0.5, 0.6) is 5.75 Å². The minimum atomic E-state index is 0.675. The van der Waals surface area contributed by atoms with Gasteiger partial charge in [-0.1, -0.05) is 23.4 Å². The number of ether oxygens (including phenoxy) is 1. The Bertz CT molecular complexity index is 816. The number of rotatable bonds is 4. The van der Waals surface area contributed by atoms with Crippen LogP contribution in [0, 0.1) is 11.8 Å². The molecule has 0 bridgehead atoms.